The number of aliphatic carboxylic acids is 2. The molecular formula is C39H43F6N7O9. The van der Waals surface area contributed by atoms with Gasteiger partial charge in [0.15, 0.2) is 0 Å². The van der Waals surface area contributed by atoms with Gasteiger partial charge in [-0.05, 0) is 60.9 Å². The highest BCUT2D eigenvalue weighted by molar-refractivity contribution is 6.07. The summed E-state index contributed by atoms with van der Waals surface area (Å²) in [6.07, 6.45) is 0.797. The summed E-state index contributed by atoms with van der Waals surface area (Å²) in [6.45, 7) is 3.21. The lowest BCUT2D eigenvalue weighted by Gasteiger charge is -2.31. The number of carboxylic acid groups (broad SMARTS) is 2. The third-order valence-electron chi connectivity index (χ3n) is 8.67. The van der Waals surface area contributed by atoms with Crippen LogP contribution in [0.1, 0.15) is 55.4 Å². The molecule has 0 saturated carbocycles. The van der Waals surface area contributed by atoms with Gasteiger partial charge < -0.3 is 49.7 Å². The van der Waals surface area contributed by atoms with Crippen LogP contribution in [0.15, 0.2) is 67.1 Å². The van der Waals surface area contributed by atoms with E-state index in [4.69, 9.17) is 29.3 Å². The molecule has 3 amide bonds. The monoisotopic (exact) mass is 867 g/mol. The lowest BCUT2D eigenvalue weighted by Crippen LogP contribution is -2.41. The lowest BCUT2D eigenvalue weighted by atomic mass is 10.1. The van der Waals surface area contributed by atoms with E-state index in [-0.39, 0.29) is 17.7 Å². The van der Waals surface area contributed by atoms with Crippen molar-refractivity contribution in [1.82, 2.24) is 24.3 Å². The molecule has 0 aliphatic carbocycles. The van der Waals surface area contributed by atoms with Crippen LogP contribution in [-0.4, -0.2) is 118 Å². The van der Waals surface area contributed by atoms with Crippen LogP contribution in [0.5, 0.6) is 5.75 Å². The molecule has 22 heteroatoms. The first-order chi connectivity index (χ1) is 28.6. The van der Waals surface area contributed by atoms with Gasteiger partial charge in [0.25, 0.3) is 17.7 Å². The summed E-state index contributed by atoms with van der Waals surface area (Å²) >= 11 is 0. The first-order valence-corrected chi connectivity index (χ1v) is 18.0. The molecule has 1 aliphatic rings. The van der Waals surface area contributed by atoms with E-state index in [2.05, 4.69) is 25.8 Å². The Morgan fingerprint density at radius 1 is 0.770 bits per heavy atom. The van der Waals surface area contributed by atoms with Crippen LogP contribution in [-0.2, 0) is 28.4 Å². The number of pyridine rings is 1. The summed E-state index contributed by atoms with van der Waals surface area (Å²) in [7, 11) is 6.85. The number of carboxylic acids is 2. The number of aryl methyl sites for hydroxylation is 2. The van der Waals surface area contributed by atoms with Crippen molar-refractivity contribution in [1.29, 1.82) is 0 Å². The molecule has 0 radical (unpaired) electrons. The van der Waals surface area contributed by atoms with Gasteiger partial charge in [-0.15, -0.1) is 0 Å². The number of rotatable bonds is 12. The Labute approximate surface area is 344 Å². The Morgan fingerprint density at radius 2 is 1.28 bits per heavy atom. The van der Waals surface area contributed by atoms with Gasteiger partial charge in [-0.2, -0.15) is 26.3 Å². The van der Waals surface area contributed by atoms with Gasteiger partial charge in [-0.25, -0.2) is 9.59 Å². The van der Waals surface area contributed by atoms with E-state index in [1.807, 2.05) is 36.4 Å². The first kappa shape index (κ1) is 48.7. The fourth-order valence-corrected chi connectivity index (χ4v) is 5.44. The molecule has 330 valence electrons. The standard InChI is InChI=1S/C35H41N7O5.2C2HF3O2/c1-40-23-28(19-31(40)34(44)36-15-18-42-16-13-30(47-4)14-17-42)39-35(45)32-20-27(22-41(32)2)38-33(43)25-8-10-26(37-21-25)9-5-24-6-11-29(46-3)12-7-24;2*3-2(4,5)1(6)7/h5-12,19-23,30H,13-18H2,1-4H3,(H,36,44)(H,38,43)(H,39,45);2*(H,6,7)/b9-5+;;. The zero-order valence-electron chi connectivity index (χ0n) is 33.1. The quantitative estimate of drug-likeness (QED) is 0.112. The molecule has 16 nitrogen and oxygen atoms in total. The molecule has 5 rings (SSSR count). The Bertz CT molecular complexity index is 2120. The van der Waals surface area contributed by atoms with Crippen molar-refractivity contribution in [3.05, 3.63) is 95.3 Å². The number of nitrogens with zero attached hydrogens (tertiary/aromatic N) is 4. The van der Waals surface area contributed by atoms with Gasteiger partial charge in [0.1, 0.15) is 17.1 Å². The van der Waals surface area contributed by atoms with Crippen molar-refractivity contribution in [2.45, 2.75) is 31.3 Å². The van der Waals surface area contributed by atoms with E-state index < -0.39 is 24.3 Å². The van der Waals surface area contributed by atoms with E-state index in [1.165, 1.54) is 6.20 Å². The summed E-state index contributed by atoms with van der Waals surface area (Å²) in [5.74, 6) is -5.66. The summed E-state index contributed by atoms with van der Waals surface area (Å²) in [5, 5.41) is 22.9. The van der Waals surface area contributed by atoms with E-state index in [1.54, 1.807) is 74.1 Å². The number of ether oxygens (including phenoxy) is 2. The highest BCUT2D eigenvalue weighted by atomic mass is 19.4. The number of methoxy groups -OCH3 is 2. The van der Waals surface area contributed by atoms with E-state index in [9.17, 15) is 40.7 Å². The molecule has 1 fully saturated rings. The number of aromatic nitrogens is 3. The molecule has 0 unspecified atom stereocenters. The Hall–Kier alpha value is -6.68. The van der Waals surface area contributed by atoms with E-state index in [0.717, 1.165) is 43.8 Å². The van der Waals surface area contributed by atoms with Crippen molar-refractivity contribution in [2.24, 2.45) is 14.1 Å². The largest absolute Gasteiger partial charge is 0.497 e. The average molecular weight is 868 g/mol. The third-order valence-corrected chi connectivity index (χ3v) is 8.67. The molecular weight excluding hydrogens is 824 g/mol. The maximum Gasteiger partial charge on any atom is 0.490 e. The van der Waals surface area contributed by atoms with Crippen LogP contribution in [0.2, 0.25) is 0 Å². The van der Waals surface area contributed by atoms with Gasteiger partial charge in [0.05, 0.1) is 35.8 Å². The molecule has 1 saturated heterocycles. The molecule has 3 aromatic heterocycles. The summed E-state index contributed by atoms with van der Waals surface area (Å²) in [4.78, 5) is 63.4. The number of benzene rings is 1. The highest BCUT2D eigenvalue weighted by Crippen LogP contribution is 2.20. The zero-order chi connectivity index (χ0) is 45.5. The molecule has 1 aromatic carbocycles. The van der Waals surface area contributed by atoms with Crippen LogP contribution in [0, 0.1) is 0 Å². The number of amides is 3. The maximum absolute atomic E-state index is 13.1. The van der Waals surface area contributed by atoms with Gasteiger partial charge in [0, 0.05) is 66.0 Å². The third kappa shape index (κ3) is 15.8. The van der Waals surface area contributed by atoms with E-state index >= 15 is 0 Å². The number of piperidine rings is 1. The topological polar surface area (TPSA) is 206 Å². The molecule has 0 bridgehead atoms. The van der Waals surface area contributed by atoms with Crippen LogP contribution >= 0.6 is 0 Å². The second-order valence-corrected chi connectivity index (χ2v) is 13.1. The minimum absolute atomic E-state index is 0.209. The number of hydrogen-bond acceptors (Lipinski definition) is 9. The number of carbonyl (C=O) groups excluding carboxylic acids is 3. The number of carbonyl (C=O) groups is 5. The van der Waals surface area contributed by atoms with Crippen molar-refractivity contribution in [2.75, 3.05) is 51.0 Å². The van der Waals surface area contributed by atoms with Gasteiger partial charge in [0.2, 0.25) is 0 Å². The SMILES string of the molecule is COc1ccc(/C=C/c2ccc(C(=O)Nc3cc(C(=O)Nc4cc(C(=O)NCCN5CCC(OC)CC5)n(C)c4)n(C)c3)cn2)cc1.O=C(O)C(F)(F)F.O=C(O)C(F)(F)F. The van der Waals surface area contributed by atoms with Gasteiger partial charge in [-0.3, -0.25) is 19.4 Å². The number of halogens is 6. The lowest BCUT2D eigenvalue weighted by molar-refractivity contribution is -0.193. The number of anilines is 2. The van der Waals surface area contributed by atoms with Crippen LogP contribution < -0.4 is 20.7 Å². The highest BCUT2D eigenvalue weighted by Gasteiger charge is 2.39. The second kappa shape index (κ2) is 22.1. The fraction of sp³-hybridized carbons (Fsp3) is 0.333. The Kier molecular flexibility index (Phi) is 17.6. The van der Waals surface area contributed by atoms with Crippen molar-refractivity contribution >= 4 is 53.2 Å². The minimum atomic E-state index is -5.08. The molecule has 4 aromatic rings. The summed E-state index contributed by atoms with van der Waals surface area (Å²) in [6, 6.07) is 14.3. The van der Waals surface area contributed by atoms with Crippen molar-refractivity contribution in [3.8, 4) is 5.75 Å². The number of nitrogens with one attached hydrogen (secondary N) is 3. The average Bonchev–Trinajstić information content (AvgIpc) is 3.77. The Morgan fingerprint density at radius 3 is 1.74 bits per heavy atom. The maximum atomic E-state index is 13.1. The predicted molar refractivity (Wildman–Crippen MR) is 209 cm³/mol. The normalized spacial score (nSPS) is 13.3. The smallest absolute Gasteiger partial charge is 0.490 e. The van der Waals surface area contributed by atoms with Crippen LogP contribution in [0.3, 0.4) is 0 Å². The minimum Gasteiger partial charge on any atom is -0.497 e. The number of alkyl halides is 6. The van der Waals surface area contributed by atoms with Crippen molar-refractivity contribution in [3.63, 3.8) is 0 Å². The molecule has 0 spiro atoms. The zero-order valence-corrected chi connectivity index (χ0v) is 33.1. The molecule has 61 heavy (non-hydrogen) atoms. The number of hydrogen-bond donors (Lipinski definition) is 5. The Balaban J connectivity index is 0.000000609. The fourth-order valence-electron chi connectivity index (χ4n) is 5.44. The van der Waals surface area contributed by atoms with Gasteiger partial charge in [-0.1, -0.05) is 18.2 Å². The van der Waals surface area contributed by atoms with E-state index in [0.29, 0.717) is 46.7 Å². The predicted octanol–water partition coefficient (Wildman–Crippen LogP) is 5.55. The molecule has 4 heterocycles. The van der Waals surface area contributed by atoms with Crippen LogP contribution in [0.25, 0.3) is 12.2 Å². The molecule has 0 atom stereocenters. The van der Waals surface area contributed by atoms with Crippen molar-refractivity contribution < 1.29 is 70.0 Å². The van der Waals surface area contributed by atoms with Crippen LogP contribution in [0.4, 0.5) is 37.7 Å². The number of likely N-dealkylation sites (tertiary alicyclic amines) is 1. The summed E-state index contributed by atoms with van der Waals surface area (Å²) in [5.41, 5.74) is 3.81. The molecule has 1 aliphatic heterocycles. The van der Waals surface area contributed by atoms with Gasteiger partial charge >= 0.3 is 24.3 Å². The second-order valence-electron chi connectivity index (χ2n) is 13.1. The first-order valence-electron chi connectivity index (χ1n) is 18.0. The summed E-state index contributed by atoms with van der Waals surface area (Å²) < 4.78 is 77.4. The molecule has 5 N–H and O–H groups in total.